The lowest BCUT2D eigenvalue weighted by Crippen LogP contribution is -2.50. The Kier molecular flexibility index (Phi) is 6.89. The van der Waals surface area contributed by atoms with Crippen molar-refractivity contribution < 1.29 is 23.1 Å². The molecule has 1 N–H and O–H groups in total. The molecule has 1 heterocycles. The molecule has 2 aliphatic rings. The van der Waals surface area contributed by atoms with E-state index in [1.165, 1.54) is 16.8 Å². The van der Waals surface area contributed by atoms with E-state index in [-0.39, 0.29) is 36.0 Å². The van der Waals surface area contributed by atoms with Crippen LogP contribution in [-0.2, 0) is 14.8 Å². The molecular weight excluding hydrogens is 404 g/mol. The molecule has 0 aromatic heterocycles. The summed E-state index contributed by atoms with van der Waals surface area (Å²) >= 11 is 0. The largest absolute Gasteiger partial charge is 0.487 e. The molecule has 30 heavy (non-hydrogen) atoms. The molecule has 3 atom stereocenters. The zero-order valence-electron chi connectivity index (χ0n) is 18.2. The van der Waals surface area contributed by atoms with E-state index in [2.05, 4.69) is 6.08 Å². The number of aliphatic hydroxyl groups is 1. The number of fused-ring (bicyclic) bond motifs is 1. The fraction of sp³-hybridized carbons (Fsp3) is 0.591. The van der Waals surface area contributed by atoms with Crippen LogP contribution >= 0.6 is 0 Å². The first kappa shape index (κ1) is 22.8. The maximum absolute atomic E-state index is 13.4. The summed E-state index contributed by atoms with van der Waals surface area (Å²) in [4.78, 5) is 13.5. The van der Waals surface area contributed by atoms with Crippen molar-refractivity contribution in [2.24, 2.45) is 5.92 Å². The molecular formula is C22H32N2O5S. The van der Waals surface area contributed by atoms with Crippen molar-refractivity contribution in [3.05, 3.63) is 29.8 Å². The van der Waals surface area contributed by atoms with E-state index in [1.54, 1.807) is 24.9 Å². The van der Waals surface area contributed by atoms with Crippen molar-refractivity contribution in [2.75, 3.05) is 26.7 Å². The zero-order valence-corrected chi connectivity index (χ0v) is 19.0. The van der Waals surface area contributed by atoms with E-state index in [1.807, 2.05) is 19.1 Å². The zero-order chi connectivity index (χ0) is 22.1. The highest BCUT2D eigenvalue weighted by atomic mass is 32.2. The summed E-state index contributed by atoms with van der Waals surface area (Å²) in [5.41, 5.74) is 2.17. The Hall–Kier alpha value is -1.90. The van der Waals surface area contributed by atoms with Gasteiger partial charge in [0, 0.05) is 32.5 Å². The number of nitrogens with zero attached hydrogens (tertiary/aromatic N) is 2. The van der Waals surface area contributed by atoms with Gasteiger partial charge in [-0.25, -0.2) is 8.42 Å². The molecule has 1 amide bonds. The summed E-state index contributed by atoms with van der Waals surface area (Å²) in [6.45, 7) is 5.39. The minimum Gasteiger partial charge on any atom is -0.487 e. The highest BCUT2D eigenvalue weighted by molar-refractivity contribution is 7.89. The molecule has 166 valence electrons. The lowest BCUT2D eigenvalue weighted by atomic mass is 10.0. The van der Waals surface area contributed by atoms with E-state index in [9.17, 15) is 18.3 Å². The third-order valence-electron chi connectivity index (χ3n) is 6.07. The molecule has 0 fully saturated rings. The Morgan fingerprint density at radius 3 is 2.73 bits per heavy atom. The number of sulfonamides is 1. The second-order valence-electron chi connectivity index (χ2n) is 8.42. The van der Waals surface area contributed by atoms with Gasteiger partial charge in [-0.15, -0.1) is 0 Å². The van der Waals surface area contributed by atoms with Crippen molar-refractivity contribution in [1.82, 2.24) is 9.21 Å². The number of amides is 1. The van der Waals surface area contributed by atoms with Crippen LogP contribution in [0.15, 0.2) is 29.2 Å². The number of hydrogen-bond acceptors (Lipinski definition) is 5. The summed E-state index contributed by atoms with van der Waals surface area (Å²) in [6, 6.07) is 4.69. The van der Waals surface area contributed by atoms with Crippen molar-refractivity contribution in [2.45, 2.75) is 57.1 Å². The van der Waals surface area contributed by atoms with Gasteiger partial charge in [0.2, 0.25) is 15.9 Å². The molecule has 8 heteroatoms. The van der Waals surface area contributed by atoms with Crippen LogP contribution in [0.4, 0.5) is 0 Å². The van der Waals surface area contributed by atoms with E-state index >= 15 is 0 Å². The Bertz CT molecular complexity index is 927. The van der Waals surface area contributed by atoms with Crippen LogP contribution < -0.4 is 4.74 Å². The number of aliphatic hydroxyl groups excluding tert-OH is 1. The number of ether oxygens (including phenoxy) is 1. The summed E-state index contributed by atoms with van der Waals surface area (Å²) in [5.74, 6) is 0.0492. The van der Waals surface area contributed by atoms with Crippen molar-refractivity contribution in [1.29, 1.82) is 0 Å². The molecule has 0 unspecified atom stereocenters. The van der Waals surface area contributed by atoms with Crippen LogP contribution in [0.3, 0.4) is 0 Å². The van der Waals surface area contributed by atoms with E-state index in [4.69, 9.17) is 4.74 Å². The van der Waals surface area contributed by atoms with Crippen LogP contribution in [0.5, 0.6) is 5.75 Å². The molecule has 1 aromatic carbocycles. The molecule has 3 rings (SSSR count). The van der Waals surface area contributed by atoms with Gasteiger partial charge < -0.3 is 14.7 Å². The normalized spacial score (nSPS) is 24.8. The summed E-state index contributed by atoms with van der Waals surface area (Å²) < 4.78 is 34.5. The number of rotatable bonds is 5. The van der Waals surface area contributed by atoms with Gasteiger partial charge >= 0.3 is 0 Å². The molecule has 0 saturated carbocycles. The highest BCUT2D eigenvalue weighted by Crippen LogP contribution is 2.37. The monoisotopic (exact) mass is 436 g/mol. The first-order valence-corrected chi connectivity index (χ1v) is 11.9. The number of benzene rings is 1. The molecule has 1 aromatic rings. The third kappa shape index (κ3) is 4.55. The van der Waals surface area contributed by atoms with Crippen molar-refractivity contribution in [3.8, 4) is 5.75 Å². The standard InChI is InChI=1S/C22H32N2O5S/c1-15-12-24(16(2)14-25)30(27,28)22-10-9-19(18-7-5-6-8-18)11-20(22)29-21(15)13-23(4)17(3)26/h7,9-11,15-16,21,25H,5-6,8,12-14H2,1-4H3/t15-,16+,21-/m1/s1. The quantitative estimate of drug-likeness (QED) is 0.766. The molecule has 0 radical (unpaired) electrons. The number of carbonyl (C=O) groups excluding carboxylic acids is 1. The highest BCUT2D eigenvalue weighted by Gasteiger charge is 2.38. The third-order valence-corrected chi connectivity index (χ3v) is 8.09. The average molecular weight is 437 g/mol. The second-order valence-corrected chi connectivity index (χ2v) is 10.3. The first-order valence-electron chi connectivity index (χ1n) is 10.5. The van der Waals surface area contributed by atoms with Gasteiger partial charge in [0.25, 0.3) is 0 Å². The lowest BCUT2D eigenvalue weighted by molar-refractivity contribution is -0.129. The van der Waals surface area contributed by atoms with Gasteiger partial charge in [-0.05, 0) is 49.5 Å². The summed E-state index contributed by atoms with van der Waals surface area (Å²) in [5, 5.41) is 9.69. The number of likely N-dealkylation sites (N-methyl/N-ethyl adjacent to an activating group) is 1. The SMILES string of the molecule is CC(=O)N(C)C[C@H]1Oc2cc(C3=CCCC3)ccc2S(=O)(=O)N([C@@H](C)CO)C[C@H]1C. The second kappa shape index (κ2) is 9.08. The topological polar surface area (TPSA) is 87.2 Å². The van der Waals surface area contributed by atoms with Crippen LogP contribution in [0, 0.1) is 5.92 Å². The number of allylic oxidation sites excluding steroid dienone is 2. The summed E-state index contributed by atoms with van der Waals surface area (Å²) in [7, 11) is -2.14. The summed E-state index contributed by atoms with van der Waals surface area (Å²) in [6.07, 6.45) is 4.89. The Labute approximate surface area is 179 Å². The fourth-order valence-electron chi connectivity index (χ4n) is 3.97. The maximum atomic E-state index is 13.4. The smallest absolute Gasteiger partial charge is 0.247 e. The fourth-order valence-corrected chi connectivity index (χ4v) is 5.80. The van der Waals surface area contributed by atoms with E-state index < -0.39 is 16.1 Å². The Morgan fingerprint density at radius 2 is 2.13 bits per heavy atom. The Morgan fingerprint density at radius 1 is 1.40 bits per heavy atom. The van der Waals surface area contributed by atoms with Crippen molar-refractivity contribution in [3.63, 3.8) is 0 Å². The predicted molar refractivity (Wildman–Crippen MR) is 116 cm³/mol. The molecule has 0 spiro atoms. The average Bonchev–Trinajstić information content (AvgIpc) is 3.24. The molecule has 1 aliphatic carbocycles. The van der Waals surface area contributed by atoms with Gasteiger partial charge in [-0.2, -0.15) is 4.31 Å². The number of carbonyl (C=O) groups is 1. The molecule has 0 bridgehead atoms. The van der Waals surface area contributed by atoms with E-state index in [0.717, 1.165) is 24.8 Å². The lowest BCUT2D eigenvalue weighted by Gasteiger charge is -2.37. The minimum atomic E-state index is -3.85. The van der Waals surface area contributed by atoms with Gasteiger partial charge in [-0.3, -0.25) is 4.79 Å². The van der Waals surface area contributed by atoms with Gasteiger partial charge in [-0.1, -0.05) is 19.1 Å². The van der Waals surface area contributed by atoms with Crippen LogP contribution in [0.1, 0.15) is 45.6 Å². The van der Waals surface area contributed by atoms with E-state index in [0.29, 0.717) is 12.3 Å². The van der Waals surface area contributed by atoms with Crippen LogP contribution in [0.2, 0.25) is 0 Å². The molecule has 0 saturated heterocycles. The molecule has 1 aliphatic heterocycles. The Balaban J connectivity index is 2.09. The predicted octanol–water partition coefficient (Wildman–Crippen LogP) is 2.50. The molecule has 7 nitrogen and oxygen atoms in total. The number of hydrogen-bond donors (Lipinski definition) is 1. The van der Waals surface area contributed by atoms with Crippen LogP contribution in [0.25, 0.3) is 5.57 Å². The minimum absolute atomic E-state index is 0.0776. The van der Waals surface area contributed by atoms with Crippen LogP contribution in [-0.4, -0.2) is 67.5 Å². The first-order chi connectivity index (χ1) is 14.1. The van der Waals surface area contributed by atoms with Gasteiger partial charge in [0.05, 0.1) is 13.2 Å². The van der Waals surface area contributed by atoms with Gasteiger partial charge in [0.1, 0.15) is 16.7 Å². The maximum Gasteiger partial charge on any atom is 0.247 e. The van der Waals surface area contributed by atoms with Crippen molar-refractivity contribution >= 4 is 21.5 Å². The van der Waals surface area contributed by atoms with Gasteiger partial charge in [0.15, 0.2) is 0 Å².